The minimum absolute atomic E-state index is 0.0328. The number of alkyl halides is 2. The van der Waals surface area contributed by atoms with E-state index in [1.165, 1.54) is 11.3 Å². The van der Waals surface area contributed by atoms with Crippen LogP contribution in [0.3, 0.4) is 0 Å². The first kappa shape index (κ1) is 17.2. The zero-order valence-corrected chi connectivity index (χ0v) is 15.0. The molecule has 0 bridgehead atoms. The van der Waals surface area contributed by atoms with E-state index in [0.717, 1.165) is 16.4 Å². The molecule has 1 fully saturated rings. The fraction of sp³-hybridized carbons (Fsp3) is 0.588. The van der Waals surface area contributed by atoms with Gasteiger partial charge in [-0.15, -0.1) is 11.3 Å². The molecule has 2 aromatic rings. The largest absolute Gasteiger partial charge is 0.367 e. The Bertz CT molecular complexity index is 704. The zero-order chi connectivity index (χ0) is 17.3. The van der Waals surface area contributed by atoms with Crippen molar-refractivity contribution >= 4 is 17.2 Å². The Labute approximate surface area is 144 Å². The van der Waals surface area contributed by atoms with Crippen molar-refractivity contribution in [3.05, 3.63) is 22.8 Å². The smallest absolute Gasteiger partial charge is 0.248 e. The maximum absolute atomic E-state index is 13.3. The van der Waals surface area contributed by atoms with Gasteiger partial charge in [0.05, 0.1) is 0 Å². The molecule has 3 rings (SSSR count). The number of hydrogen-bond acceptors (Lipinski definition) is 5. The second kappa shape index (κ2) is 6.70. The molecule has 2 aromatic heterocycles. The molecule has 1 N–H and O–H groups in total. The van der Waals surface area contributed by atoms with Crippen LogP contribution in [0.2, 0.25) is 0 Å². The number of halogens is 2. The maximum atomic E-state index is 13.3. The number of rotatable bonds is 4. The van der Waals surface area contributed by atoms with Gasteiger partial charge in [0.1, 0.15) is 5.82 Å². The third-order valence-corrected chi connectivity index (χ3v) is 5.17. The molecule has 1 aliphatic carbocycles. The number of aromatic nitrogens is 3. The molecule has 0 spiro atoms. The van der Waals surface area contributed by atoms with Gasteiger partial charge in [0.25, 0.3) is 0 Å². The van der Waals surface area contributed by atoms with Crippen LogP contribution in [-0.4, -0.2) is 26.9 Å². The quantitative estimate of drug-likeness (QED) is 0.839. The van der Waals surface area contributed by atoms with Crippen LogP contribution in [0.15, 0.2) is 11.4 Å². The predicted molar refractivity (Wildman–Crippen MR) is 92.8 cm³/mol. The first-order valence-corrected chi connectivity index (χ1v) is 9.16. The van der Waals surface area contributed by atoms with Crippen molar-refractivity contribution in [3.8, 4) is 10.8 Å². The van der Waals surface area contributed by atoms with Crippen molar-refractivity contribution in [2.24, 2.45) is 0 Å². The third kappa shape index (κ3) is 4.06. The van der Waals surface area contributed by atoms with Crippen LogP contribution in [-0.2, 0) is 0 Å². The molecule has 0 saturated heterocycles. The lowest BCUT2D eigenvalue weighted by Gasteiger charge is -2.29. The average Bonchev–Trinajstić information content (AvgIpc) is 2.96. The van der Waals surface area contributed by atoms with Crippen molar-refractivity contribution in [1.82, 2.24) is 15.0 Å². The average molecular weight is 352 g/mol. The van der Waals surface area contributed by atoms with Crippen LogP contribution in [0.1, 0.15) is 56.8 Å². The molecule has 4 nitrogen and oxygen atoms in total. The summed E-state index contributed by atoms with van der Waals surface area (Å²) in [5, 5.41) is 6.08. The molecule has 0 aromatic carbocycles. The SMILES string of the molecule is Cc1csc(-c2nc(NC3CCC(F)(F)CC3)cc(C(C)C)n2)n1. The Morgan fingerprint density at radius 3 is 2.50 bits per heavy atom. The molecular weight excluding hydrogens is 330 g/mol. The number of thiazole rings is 1. The van der Waals surface area contributed by atoms with Gasteiger partial charge in [-0.1, -0.05) is 13.8 Å². The van der Waals surface area contributed by atoms with Gasteiger partial charge in [-0.3, -0.25) is 0 Å². The van der Waals surface area contributed by atoms with Crippen LogP contribution in [0.4, 0.5) is 14.6 Å². The molecule has 1 saturated carbocycles. The van der Waals surface area contributed by atoms with Crippen molar-refractivity contribution in [2.45, 2.75) is 64.3 Å². The third-order valence-electron chi connectivity index (χ3n) is 4.22. The Morgan fingerprint density at radius 2 is 1.92 bits per heavy atom. The number of anilines is 1. The molecule has 2 heterocycles. The van der Waals surface area contributed by atoms with Gasteiger partial charge in [0, 0.05) is 41.7 Å². The monoisotopic (exact) mass is 352 g/mol. The molecule has 0 unspecified atom stereocenters. The van der Waals surface area contributed by atoms with E-state index in [1.807, 2.05) is 18.4 Å². The molecule has 0 radical (unpaired) electrons. The van der Waals surface area contributed by atoms with Crippen molar-refractivity contribution in [2.75, 3.05) is 5.32 Å². The Kier molecular flexibility index (Phi) is 4.80. The summed E-state index contributed by atoms with van der Waals surface area (Å²) in [6, 6.07) is 1.95. The number of nitrogens with one attached hydrogen (secondary N) is 1. The minimum atomic E-state index is -2.52. The lowest BCUT2D eigenvalue weighted by Crippen LogP contribution is -2.32. The summed E-state index contributed by atoms with van der Waals surface area (Å²) in [6.45, 7) is 6.09. The van der Waals surface area contributed by atoms with Gasteiger partial charge in [-0.05, 0) is 25.7 Å². The summed E-state index contributed by atoms with van der Waals surface area (Å²) >= 11 is 1.51. The first-order chi connectivity index (χ1) is 11.3. The van der Waals surface area contributed by atoms with Crippen LogP contribution < -0.4 is 5.32 Å². The predicted octanol–water partition coefficient (Wildman–Crippen LogP) is 5.02. The molecule has 130 valence electrons. The molecule has 7 heteroatoms. The van der Waals surface area contributed by atoms with E-state index in [0.29, 0.717) is 24.5 Å². The summed E-state index contributed by atoms with van der Waals surface area (Å²) in [5.74, 6) is -0.963. The van der Waals surface area contributed by atoms with Crippen LogP contribution in [0, 0.1) is 6.92 Å². The van der Waals surface area contributed by atoms with Gasteiger partial charge in [0.15, 0.2) is 10.8 Å². The Morgan fingerprint density at radius 1 is 1.21 bits per heavy atom. The van der Waals surface area contributed by atoms with Crippen LogP contribution >= 0.6 is 11.3 Å². The molecule has 1 aliphatic rings. The summed E-state index contributed by atoms with van der Waals surface area (Å²) < 4.78 is 26.6. The summed E-state index contributed by atoms with van der Waals surface area (Å²) in [6.07, 6.45) is 0.788. The van der Waals surface area contributed by atoms with E-state index in [2.05, 4.69) is 34.1 Å². The normalized spacial score (nSPS) is 18.1. The Hall–Kier alpha value is -1.63. The molecule has 0 atom stereocenters. The van der Waals surface area contributed by atoms with E-state index in [4.69, 9.17) is 0 Å². The summed E-state index contributed by atoms with van der Waals surface area (Å²) in [7, 11) is 0. The Balaban J connectivity index is 1.83. The second-order valence-corrected chi connectivity index (χ2v) is 7.58. The zero-order valence-electron chi connectivity index (χ0n) is 14.1. The molecule has 0 aliphatic heterocycles. The van der Waals surface area contributed by atoms with E-state index in [1.54, 1.807) is 0 Å². The standard InChI is InChI=1S/C17H22F2N4S/c1-10(2)13-8-14(21-12-4-6-17(18,19)7-5-12)23-15(22-13)16-20-11(3)9-24-16/h8-10,12H,4-7H2,1-3H3,(H,21,22,23). The maximum Gasteiger partial charge on any atom is 0.248 e. The fourth-order valence-corrected chi connectivity index (χ4v) is 3.51. The molecular formula is C17H22F2N4S. The van der Waals surface area contributed by atoms with Crippen LogP contribution in [0.5, 0.6) is 0 Å². The highest BCUT2D eigenvalue weighted by molar-refractivity contribution is 7.13. The lowest BCUT2D eigenvalue weighted by atomic mass is 9.92. The summed E-state index contributed by atoms with van der Waals surface area (Å²) in [4.78, 5) is 13.6. The number of nitrogens with zero attached hydrogens (tertiary/aromatic N) is 3. The lowest BCUT2D eigenvalue weighted by molar-refractivity contribution is -0.0361. The van der Waals surface area contributed by atoms with Gasteiger partial charge in [-0.25, -0.2) is 23.7 Å². The van der Waals surface area contributed by atoms with E-state index >= 15 is 0 Å². The molecule has 0 amide bonds. The van der Waals surface area contributed by atoms with Gasteiger partial charge >= 0.3 is 0 Å². The minimum Gasteiger partial charge on any atom is -0.367 e. The van der Waals surface area contributed by atoms with Gasteiger partial charge < -0.3 is 5.32 Å². The highest BCUT2D eigenvalue weighted by atomic mass is 32.1. The van der Waals surface area contributed by atoms with E-state index < -0.39 is 5.92 Å². The van der Waals surface area contributed by atoms with Crippen LogP contribution in [0.25, 0.3) is 10.8 Å². The van der Waals surface area contributed by atoms with Gasteiger partial charge in [-0.2, -0.15) is 0 Å². The topological polar surface area (TPSA) is 50.7 Å². The second-order valence-electron chi connectivity index (χ2n) is 6.72. The number of aryl methyl sites for hydroxylation is 1. The van der Waals surface area contributed by atoms with E-state index in [-0.39, 0.29) is 24.8 Å². The highest BCUT2D eigenvalue weighted by Gasteiger charge is 2.35. The van der Waals surface area contributed by atoms with Crippen molar-refractivity contribution < 1.29 is 8.78 Å². The number of hydrogen-bond donors (Lipinski definition) is 1. The first-order valence-electron chi connectivity index (χ1n) is 8.28. The highest BCUT2D eigenvalue weighted by Crippen LogP contribution is 2.34. The van der Waals surface area contributed by atoms with E-state index in [9.17, 15) is 8.78 Å². The molecule has 24 heavy (non-hydrogen) atoms. The van der Waals surface area contributed by atoms with Crippen molar-refractivity contribution in [1.29, 1.82) is 0 Å². The van der Waals surface area contributed by atoms with Gasteiger partial charge in [0.2, 0.25) is 5.92 Å². The van der Waals surface area contributed by atoms with Crippen molar-refractivity contribution in [3.63, 3.8) is 0 Å². The fourth-order valence-electron chi connectivity index (χ4n) is 2.78. The summed E-state index contributed by atoms with van der Waals surface area (Å²) in [5.41, 5.74) is 1.87.